The zero-order valence-electron chi connectivity index (χ0n) is 13.1. The minimum Gasteiger partial charge on any atom is -0.320 e. The van der Waals surface area contributed by atoms with E-state index in [-0.39, 0.29) is 11.3 Å². The highest BCUT2D eigenvalue weighted by molar-refractivity contribution is 6.03. The topological polar surface area (TPSA) is 54.9 Å². The van der Waals surface area contributed by atoms with Gasteiger partial charge in [-0.3, -0.25) is 4.79 Å². The average molecular weight is 361 g/mol. The molecule has 0 saturated carbocycles. The third-order valence-electron chi connectivity index (χ3n) is 3.54. The zero-order chi connectivity index (χ0) is 18.7. The molecule has 0 atom stereocenters. The summed E-state index contributed by atoms with van der Waals surface area (Å²) in [5, 5.41) is 2.21. The lowest BCUT2D eigenvalue weighted by Gasteiger charge is -2.15. The highest BCUT2D eigenvalue weighted by Crippen LogP contribution is 2.38. The number of anilines is 1. The van der Waals surface area contributed by atoms with Crippen LogP contribution in [0.15, 0.2) is 60.9 Å². The summed E-state index contributed by atoms with van der Waals surface area (Å²) in [5.41, 5.74) is -1.29. The number of hydrogen-bond donors (Lipinski definition) is 1. The molecule has 0 bridgehead atoms. The number of alkyl halides is 3. The van der Waals surface area contributed by atoms with Crippen molar-refractivity contribution in [3.8, 4) is 11.1 Å². The number of rotatable bonds is 3. The summed E-state index contributed by atoms with van der Waals surface area (Å²) in [6, 6.07) is 11.4. The minimum atomic E-state index is -4.64. The van der Waals surface area contributed by atoms with Gasteiger partial charge in [0.1, 0.15) is 0 Å². The lowest BCUT2D eigenvalue weighted by molar-refractivity contribution is -0.137. The van der Waals surface area contributed by atoms with Gasteiger partial charge in [-0.1, -0.05) is 36.4 Å². The molecular weight excluding hydrogens is 350 g/mol. The Morgan fingerprint density at radius 1 is 0.962 bits per heavy atom. The zero-order valence-corrected chi connectivity index (χ0v) is 13.1. The van der Waals surface area contributed by atoms with Gasteiger partial charge in [0.05, 0.1) is 5.56 Å². The van der Waals surface area contributed by atoms with Gasteiger partial charge in [0, 0.05) is 18.1 Å². The van der Waals surface area contributed by atoms with E-state index in [1.54, 1.807) is 30.3 Å². The molecule has 0 unspecified atom stereocenters. The van der Waals surface area contributed by atoms with E-state index in [9.17, 15) is 22.4 Å². The van der Waals surface area contributed by atoms with Crippen LogP contribution in [0.3, 0.4) is 0 Å². The van der Waals surface area contributed by atoms with Gasteiger partial charge in [-0.25, -0.2) is 9.97 Å². The number of amides is 1. The summed E-state index contributed by atoms with van der Waals surface area (Å²) in [7, 11) is 0. The van der Waals surface area contributed by atoms with Gasteiger partial charge in [-0.05, 0) is 23.3 Å². The lowest BCUT2D eigenvalue weighted by atomic mass is 9.98. The number of nitrogens with one attached hydrogen (secondary N) is 1. The standard InChI is InChI=1S/C18H11F4N3O/c19-16-15(23-8-9-24-16)17(26)25-12-6-7-13(11-4-2-1-3-5-11)14(10-12)18(20,21)22/h1-10H,(H,25,26). The van der Waals surface area contributed by atoms with Gasteiger partial charge in [0.15, 0.2) is 5.69 Å². The third-order valence-corrected chi connectivity index (χ3v) is 3.54. The number of carbonyl (C=O) groups is 1. The summed E-state index contributed by atoms with van der Waals surface area (Å²) >= 11 is 0. The van der Waals surface area contributed by atoms with E-state index < -0.39 is 29.3 Å². The molecule has 0 fully saturated rings. The molecule has 3 rings (SSSR count). The van der Waals surface area contributed by atoms with Crippen molar-refractivity contribution in [1.82, 2.24) is 9.97 Å². The molecule has 1 amide bonds. The fourth-order valence-corrected chi connectivity index (χ4v) is 2.39. The third kappa shape index (κ3) is 3.69. The van der Waals surface area contributed by atoms with Crippen LogP contribution in [-0.4, -0.2) is 15.9 Å². The molecule has 4 nitrogen and oxygen atoms in total. The van der Waals surface area contributed by atoms with Crippen LogP contribution in [0.1, 0.15) is 16.1 Å². The first-order chi connectivity index (χ1) is 12.4. The van der Waals surface area contributed by atoms with Crippen molar-refractivity contribution in [3.63, 3.8) is 0 Å². The molecule has 0 radical (unpaired) electrons. The quantitative estimate of drug-likeness (QED) is 0.696. The van der Waals surface area contributed by atoms with Gasteiger partial charge in [0.25, 0.3) is 5.91 Å². The summed E-state index contributed by atoms with van der Waals surface area (Å²) in [6.45, 7) is 0. The average Bonchev–Trinajstić information content (AvgIpc) is 2.62. The first-order valence-corrected chi connectivity index (χ1v) is 7.41. The first kappa shape index (κ1) is 17.5. The van der Waals surface area contributed by atoms with Crippen LogP contribution in [0.5, 0.6) is 0 Å². The number of hydrogen-bond acceptors (Lipinski definition) is 3. The highest BCUT2D eigenvalue weighted by atomic mass is 19.4. The molecule has 0 aliphatic carbocycles. The van der Waals surface area contributed by atoms with Crippen molar-refractivity contribution in [3.05, 3.63) is 78.1 Å². The van der Waals surface area contributed by atoms with E-state index in [1.165, 1.54) is 12.1 Å². The summed E-state index contributed by atoms with van der Waals surface area (Å²) < 4.78 is 53.8. The van der Waals surface area contributed by atoms with Gasteiger partial charge < -0.3 is 5.32 Å². The maximum Gasteiger partial charge on any atom is 0.417 e. The second kappa shape index (κ2) is 6.91. The van der Waals surface area contributed by atoms with E-state index in [2.05, 4.69) is 15.3 Å². The van der Waals surface area contributed by atoms with Crippen molar-refractivity contribution in [2.75, 3.05) is 5.32 Å². The lowest BCUT2D eigenvalue weighted by Crippen LogP contribution is -2.17. The van der Waals surface area contributed by atoms with Crippen LogP contribution in [0.2, 0.25) is 0 Å². The maximum absolute atomic E-state index is 13.5. The monoisotopic (exact) mass is 361 g/mol. The van der Waals surface area contributed by atoms with E-state index in [4.69, 9.17) is 0 Å². The fraction of sp³-hybridized carbons (Fsp3) is 0.0556. The summed E-state index contributed by atoms with van der Waals surface area (Å²) in [5.74, 6) is -2.10. The van der Waals surface area contributed by atoms with Gasteiger partial charge in [0.2, 0.25) is 5.95 Å². The largest absolute Gasteiger partial charge is 0.417 e. The Morgan fingerprint density at radius 2 is 1.65 bits per heavy atom. The van der Waals surface area contributed by atoms with E-state index in [1.807, 2.05) is 0 Å². The molecule has 1 aromatic heterocycles. The number of carbonyl (C=O) groups excluding carboxylic acids is 1. The molecule has 0 aliphatic heterocycles. The molecule has 0 saturated heterocycles. The smallest absolute Gasteiger partial charge is 0.320 e. The van der Waals surface area contributed by atoms with Crippen LogP contribution >= 0.6 is 0 Å². The maximum atomic E-state index is 13.5. The van der Waals surface area contributed by atoms with Crippen molar-refractivity contribution in [2.45, 2.75) is 6.18 Å². The Kier molecular flexibility index (Phi) is 4.66. The Labute approximate surface area is 145 Å². The van der Waals surface area contributed by atoms with Crippen LogP contribution < -0.4 is 5.32 Å². The highest BCUT2D eigenvalue weighted by Gasteiger charge is 2.34. The second-order valence-electron chi connectivity index (χ2n) is 5.27. The molecule has 0 aliphatic rings. The predicted octanol–water partition coefficient (Wildman–Crippen LogP) is 4.55. The molecule has 132 valence electrons. The van der Waals surface area contributed by atoms with Crippen LogP contribution in [0, 0.1) is 5.95 Å². The summed E-state index contributed by atoms with van der Waals surface area (Å²) in [4.78, 5) is 18.8. The molecular formula is C18H11F4N3O. The van der Waals surface area contributed by atoms with Crippen molar-refractivity contribution in [1.29, 1.82) is 0 Å². The minimum absolute atomic E-state index is 0.0261. The van der Waals surface area contributed by atoms with E-state index in [0.717, 1.165) is 18.5 Å². The van der Waals surface area contributed by atoms with E-state index in [0.29, 0.717) is 5.56 Å². The normalized spacial score (nSPS) is 11.2. The molecule has 2 aromatic carbocycles. The van der Waals surface area contributed by atoms with Crippen LogP contribution in [0.25, 0.3) is 11.1 Å². The Bertz CT molecular complexity index is 943. The number of halogens is 4. The predicted molar refractivity (Wildman–Crippen MR) is 86.8 cm³/mol. The SMILES string of the molecule is O=C(Nc1ccc(-c2ccccc2)c(C(F)(F)F)c1)c1nccnc1F. The molecule has 0 spiro atoms. The van der Waals surface area contributed by atoms with Crippen LogP contribution in [-0.2, 0) is 6.18 Å². The molecule has 1 heterocycles. The second-order valence-corrected chi connectivity index (χ2v) is 5.27. The number of aromatic nitrogens is 2. The Balaban J connectivity index is 1.98. The van der Waals surface area contributed by atoms with Gasteiger partial charge in [-0.2, -0.15) is 17.6 Å². The molecule has 3 aromatic rings. The Morgan fingerprint density at radius 3 is 2.31 bits per heavy atom. The molecule has 8 heteroatoms. The number of nitrogens with zero attached hydrogens (tertiary/aromatic N) is 2. The van der Waals surface area contributed by atoms with Crippen molar-refractivity contribution >= 4 is 11.6 Å². The van der Waals surface area contributed by atoms with E-state index >= 15 is 0 Å². The Hall–Kier alpha value is -3.29. The van der Waals surface area contributed by atoms with Crippen LogP contribution in [0.4, 0.5) is 23.2 Å². The number of benzene rings is 2. The van der Waals surface area contributed by atoms with Crippen molar-refractivity contribution in [2.24, 2.45) is 0 Å². The first-order valence-electron chi connectivity index (χ1n) is 7.41. The fourth-order valence-electron chi connectivity index (χ4n) is 2.39. The van der Waals surface area contributed by atoms with Crippen molar-refractivity contribution < 1.29 is 22.4 Å². The molecule has 26 heavy (non-hydrogen) atoms. The molecule has 1 N–H and O–H groups in total. The summed E-state index contributed by atoms with van der Waals surface area (Å²) in [6.07, 6.45) is -2.47. The van der Waals surface area contributed by atoms with Gasteiger partial charge in [-0.15, -0.1) is 0 Å². The van der Waals surface area contributed by atoms with Gasteiger partial charge >= 0.3 is 6.18 Å².